The number of fused-ring (bicyclic) bond motifs is 3. The van der Waals surface area contributed by atoms with E-state index in [2.05, 4.69) is 197 Å². The van der Waals surface area contributed by atoms with Gasteiger partial charge in [-0.3, -0.25) is 0 Å². The lowest BCUT2D eigenvalue weighted by molar-refractivity contribution is 1.16. The summed E-state index contributed by atoms with van der Waals surface area (Å²) in [7, 11) is 0. The van der Waals surface area contributed by atoms with Crippen molar-refractivity contribution in [2.45, 2.75) is 0 Å². The number of aromatic nitrogens is 1. The second-order valence-electron chi connectivity index (χ2n) is 16.5. The van der Waals surface area contributed by atoms with E-state index in [1.54, 1.807) is 6.20 Å². The van der Waals surface area contributed by atoms with E-state index in [-0.39, 0.29) is 0 Å². The Kier molecular flexibility index (Phi) is 11.6. The highest BCUT2D eigenvalue weighted by atomic mass is 35.5. The number of hydrogen-bond donors (Lipinski definition) is 0. The minimum atomic E-state index is 0.532. The summed E-state index contributed by atoms with van der Waals surface area (Å²) < 4.78 is 2.33. The SMILES string of the molecule is C=CN(c1ccccc1)c1cccc(N(c2ccccc2)c2cc(N(c3ccccc3)c3ccccc3)cc(-n3c4ccc(-c5ccccc5)cc4c4cc(-c5ccccc5)ccc43)c2Cl)c1Cl. The first-order valence-electron chi connectivity index (χ1n) is 22.6. The largest absolute Gasteiger partial charge is 0.316 e. The Bertz CT molecular complexity index is 3410. The van der Waals surface area contributed by atoms with E-state index in [0.717, 1.165) is 95.2 Å². The van der Waals surface area contributed by atoms with Crippen molar-refractivity contribution in [3.05, 3.63) is 272 Å². The average Bonchev–Trinajstić information content (AvgIpc) is 3.73. The van der Waals surface area contributed by atoms with Gasteiger partial charge in [0.15, 0.2) is 0 Å². The maximum Gasteiger partial charge on any atom is 0.0888 e. The third-order valence-corrected chi connectivity index (χ3v) is 13.2. The van der Waals surface area contributed by atoms with E-state index in [1.807, 2.05) is 77.7 Å². The van der Waals surface area contributed by atoms with Crippen LogP contribution in [0.2, 0.25) is 10.0 Å². The Labute approximate surface area is 407 Å². The topological polar surface area (TPSA) is 14.7 Å². The summed E-state index contributed by atoms with van der Waals surface area (Å²) in [5.74, 6) is 0. The summed E-state index contributed by atoms with van der Waals surface area (Å²) in [6.07, 6.45) is 1.80. The molecule has 0 spiro atoms. The molecule has 0 N–H and O–H groups in total. The zero-order chi connectivity index (χ0) is 46.0. The fraction of sp³-hybridized carbons (Fsp3) is 0. The van der Waals surface area contributed by atoms with Crippen LogP contribution in [-0.2, 0) is 0 Å². The van der Waals surface area contributed by atoms with Gasteiger partial charge < -0.3 is 19.3 Å². The van der Waals surface area contributed by atoms with Gasteiger partial charge >= 0.3 is 0 Å². The quantitative estimate of drug-likeness (QED) is 0.121. The molecule has 11 rings (SSSR count). The lowest BCUT2D eigenvalue weighted by Crippen LogP contribution is -2.16. The van der Waals surface area contributed by atoms with Crippen LogP contribution in [0.3, 0.4) is 0 Å². The van der Waals surface area contributed by atoms with Crippen molar-refractivity contribution >= 4 is 90.5 Å². The molecule has 1 heterocycles. The average molecular weight is 916 g/mol. The van der Waals surface area contributed by atoms with E-state index in [1.165, 1.54) is 0 Å². The van der Waals surface area contributed by atoms with Gasteiger partial charge in [-0.2, -0.15) is 0 Å². The Hall–Kier alpha value is -8.28. The normalized spacial score (nSPS) is 11.1. The molecule has 11 aromatic rings. The Balaban J connectivity index is 1.23. The molecule has 0 fully saturated rings. The van der Waals surface area contributed by atoms with Crippen LogP contribution in [0.1, 0.15) is 0 Å². The monoisotopic (exact) mass is 914 g/mol. The molecule has 0 atom stereocenters. The van der Waals surface area contributed by atoms with Crippen molar-refractivity contribution in [3.63, 3.8) is 0 Å². The first-order valence-corrected chi connectivity index (χ1v) is 23.3. The van der Waals surface area contributed by atoms with Crippen LogP contribution < -0.4 is 14.7 Å². The Morgan fingerprint density at radius 1 is 0.338 bits per heavy atom. The molecule has 0 saturated heterocycles. The molecule has 10 aromatic carbocycles. The van der Waals surface area contributed by atoms with E-state index in [4.69, 9.17) is 23.2 Å². The molecular weight excluding hydrogens is 872 g/mol. The highest BCUT2D eigenvalue weighted by Crippen LogP contribution is 2.51. The zero-order valence-corrected chi connectivity index (χ0v) is 38.5. The number of anilines is 8. The Morgan fingerprint density at radius 2 is 0.765 bits per heavy atom. The molecular formula is C62H44Cl2N4. The second-order valence-corrected chi connectivity index (χ2v) is 17.3. The van der Waals surface area contributed by atoms with Crippen molar-refractivity contribution in [1.29, 1.82) is 0 Å². The molecule has 68 heavy (non-hydrogen) atoms. The van der Waals surface area contributed by atoms with Gasteiger partial charge in [-0.1, -0.05) is 181 Å². The molecule has 0 aliphatic heterocycles. The molecule has 0 aliphatic rings. The van der Waals surface area contributed by atoms with Gasteiger partial charge in [0.05, 0.1) is 49.5 Å². The van der Waals surface area contributed by atoms with Gasteiger partial charge in [-0.05, 0) is 119 Å². The number of halogens is 2. The van der Waals surface area contributed by atoms with Crippen LogP contribution in [0.4, 0.5) is 45.5 Å². The minimum Gasteiger partial charge on any atom is -0.316 e. The van der Waals surface area contributed by atoms with Gasteiger partial charge in [0.1, 0.15) is 0 Å². The van der Waals surface area contributed by atoms with Gasteiger partial charge in [0.25, 0.3) is 0 Å². The fourth-order valence-electron chi connectivity index (χ4n) is 9.32. The highest BCUT2D eigenvalue weighted by molar-refractivity contribution is 6.38. The first-order chi connectivity index (χ1) is 33.6. The standard InChI is InChI=1S/C62H44Cl2N4/c1-2-65(48-26-13-5-14-27-48)57-34-21-35-58(61(57)63)67(51-32-19-8-20-33-51)59-42-52(66(49-28-15-6-16-29-49)50-30-17-7-18-31-50)43-60(62(59)64)68-55-38-36-46(44-22-9-3-10-23-44)40-53(55)54-41-47(37-39-56(54)68)45-24-11-4-12-25-45/h2-43H,1H2. The highest BCUT2D eigenvalue weighted by Gasteiger charge is 2.27. The molecule has 4 nitrogen and oxygen atoms in total. The fourth-order valence-corrected chi connectivity index (χ4v) is 9.90. The summed E-state index contributed by atoms with van der Waals surface area (Å²) >= 11 is 15.9. The van der Waals surface area contributed by atoms with Crippen molar-refractivity contribution in [3.8, 4) is 27.9 Å². The minimum absolute atomic E-state index is 0.532. The lowest BCUT2D eigenvalue weighted by Gasteiger charge is -2.32. The molecule has 0 radical (unpaired) electrons. The molecule has 0 saturated carbocycles. The summed E-state index contributed by atoms with van der Waals surface area (Å²) in [5.41, 5.74) is 14.4. The van der Waals surface area contributed by atoms with Crippen molar-refractivity contribution in [2.75, 3.05) is 14.7 Å². The summed E-state index contributed by atoms with van der Waals surface area (Å²) in [4.78, 5) is 6.47. The van der Waals surface area contributed by atoms with Crippen molar-refractivity contribution in [2.24, 2.45) is 0 Å². The second kappa shape index (κ2) is 18.5. The predicted molar refractivity (Wildman–Crippen MR) is 290 cm³/mol. The van der Waals surface area contributed by atoms with Gasteiger partial charge in [0, 0.05) is 39.7 Å². The van der Waals surface area contributed by atoms with Crippen LogP contribution in [0, 0.1) is 0 Å². The number of benzene rings is 10. The van der Waals surface area contributed by atoms with Crippen LogP contribution in [-0.4, -0.2) is 4.57 Å². The van der Waals surface area contributed by atoms with Crippen LogP contribution in [0.25, 0.3) is 49.7 Å². The number of hydrogen-bond acceptors (Lipinski definition) is 3. The molecule has 0 unspecified atom stereocenters. The predicted octanol–water partition coefficient (Wildman–Crippen LogP) is 18.6. The maximum absolute atomic E-state index is 8.15. The third-order valence-electron chi connectivity index (χ3n) is 12.5. The first kappa shape index (κ1) is 42.4. The smallest absolute Gasteiger partial charge is 0.0888 e. The summed E-state index contributed by atoms with van der Waals surface area (Å²) in [6.45, 7) is 4.21. The molecule has 326 valence electrons. The lowest BCUT2D eigenvalue weighted by atomic mass is 10.0. The van der Waals surface area contributed by atoms with E-state index >= 15 is 0 Å². The van der Waals surface area contributed by atoms with Crippen LogP contribution >= 0.6 is 23.2 Å². The maximum atomic E-state index is 8.15. The molecule has 0 aliphatic carbocycles. The molecule has 1 aromatic heterocycles. The van der Waals surface area contributed by atoms with Crippen LogP contribution in [0.15, 0.2) is 261 Å². The third kappa shape index (κ3) is 7.86. The van der Waals surface area contributed by atoms with E-state index in [9.17, 15) is 0 Å². The van der Waals surface area contributed by atoms with Gasteiger partial charge in [-0.25, -0.2) is 0 Å². The van der Waals surface area contributed by atoms with E-state index < -0.39 is 0 Å². The Morgan fingerprint density at radius 3 is 1.24 bits per heavy atom. The number of rotatable bonds is 12. The van der Waals surface area contributed by atoms with Gasteiger partial charge in [-0.15, -0.1) is 0 Å². The zero-order valence-electron chi connectivity index (χ0n) is 37.0. The molecule has 6 heteroatoms. The number of nitrogens with zero attached hydrogens (tertiary/aromatic N) is 4. The molecule has 0 bridgehead atoms. The summed E-state index contributed by atoms with van der Waals surface area (Å²) in [6, 6.07) is 86.5. The van der Waals surface area contributed by atoms with Crippen molar-refractivity contribution < 1.29 is 0 Å². The van der Waals surface area contributed by atoms with Crippen LogP contribution in [0.5, 0.6) is 0 Å². The summed E-state index contributed by atoms with van der Waals surface area (Å²) in [5, 5.41) is 3.31. The van der Waals surface area contributed by atoms with E-state index in [0.29, 0.717) is 10.0 Å². The van der Waals surface area contributed by atoms with Gasteiger partial charge in [0.2, 0.25) is 0 Å². The molecule has 0 amide bonds. The van der Waals surface area contributed by atoms with Crippen molar-refractivity contribution in [1.82, 2.24) is 4.57 Å². The number of para-hydroxylation sites is 4.